The number of aromatic amines is 1. The van der Waals surface area contributed by atoms with E-state index in [2.05, 4.69) is 10.1 Å². The molecule has 0 aliphatic heterocycles. The Morgan fingerprint density at radius 3 is 2.67 bits per heavy atom. The number of H-pyrrole nitrogens is 1. The lowest BCUT2D eigenvalue weighted by atomic mass is 10.1. The van der Waals surface area contributed by atoms with Crippen LogP contribution in [-0.2, 0) is 16.0 Å². The van der Waals surface area contributed by atoms with Crippen LogP contribution in [0.15, 0.2) is 32.9 Å². The van der Waals surface area contributed by atoms with Gasteiger partial charge in [-0.15, -0.1) is 4.68 Å². The lowest BCUT2D eigenvalue weighted by Gasteiger charge is -2.19. The van der Waals surface area contributed by atoms with E-state index in [4.69, 9.17) is 16.3 Å². The summed E-state index contributed by atoms with van der Waals surface area (Å²) in [6.07, 6.45) is 0.767. The fourth-order valence-corrected chi connectivity index (χ4v) is 2.40. The molecular formula is C18H19ClFN3O4. The Bertz CT molecular complexity index is 1020. The summed E-state index contributed by atoms with van der Waals surface area (Å²) in [7, 11) is 0. The second kappa shape index (κ2) is 7.87. The predicted molar refractivity (Wildman–Crippen MR) is 100 cm³/mol. The molecule has 144 valence electrons. The van der Waals surface area contributed by atoms with Crippen molar-refractivity contribution in [2.24, 2.45) is 5.10 Å². The van der Waals surface area contributed by atoms with E-state index in [0.717, 1.165) is 12.3 Å². The average Bonchev–Trinajstić information content (AvgIpc) is 2.52. The molecule has 1 aromatic heterocycles. The molecule has 0 atom stereocenters. The molecule has 1 N–H and O–H groups in total. The zero-order valence-electron chi connectivity index (χ0n) is 15.3. The molecule has 0 amide bonds. The third kappa shape index (κ3) is 5.37. The highest BCUT2D eigenvalue weighted by Gasteiger charge is 2.20. The van der Waals surface area contributed by atoms with Crippen LogP contribution in [0, 0.1) is 12.7 Å². The van der Waals surface area contributed by atoms with Crippen molar-refractivity contribution in [3.63, 3.8) is 0 Å². The van der Waals surface area contributed by atoms with Crippen molar-refractivity contribution in [2.45, 2.75) is 39.7 Å². The van der Waals surface area contributed by atoms with Crippen molar-refractivity contribution in [3.05, 3.63) is 66.7 Å². The molecule has 0 bridgehead atoms. The number of benzene rings is 1. The zero-order valence-corrected chi connectivity index (χ0v) is 16.1. The highest BCUT2D eigenvalue weighted by atomic mass is 35.5. The van der Waals surface area contributed by atoms with Gasteiger partial charge in [0, 0.05) is 21.8 Å². The normalized spacial score (nSPS) is 11.8. The lowest BCUT2D eigenvalue weighted by molar-refractivity contribution is -0.153. The van der Waals surface area contributed by atoms with Crippen molar-refractivity contribution in [3.8, 4) is 0 Å². The first-order valence-electron chi connectivity index (χ1n) is 8.04. The Labute approximate surface area is 159 Å². The minimum absolute atomic E-state index is 0.0475. The molecule has 0 radical (unpaired) electrons. The molecule has 0 unspecified atom stereocenters. The van der Waals surface area contributed by atoms with Crippen LogP contribution in [0.5, 0.6) is 0 Å². The van der Waals surface area contributed by atoms with Gasteiger partial charge in [-0.3, -0.25) is 9.59 Å². The fourth-order valence-electron chi connectivity index (χ4n) is 2.24. The van der Waals surface area contributed by atoms with Gasteiger partial charge in [-0.25, -0.2) is 9.18 Å². The number of carbonyl (C=O) groups excluding carboxylic acids is 1. The first-order valence-corrected chi connectivity index (χ1v) is 8.42. The minimum Gasteiger partial charge on any atom is -0.460 e. The number of nitrogens with zero attached hydrogens (tertiary/aromatic N) is 2. The van der Waals surface area contributed by atoms with Crippen molar-refractivity contribution < 1.29 is 13.9 Å². The maximum absolute atomic E-state index is 13.3. The number of rotatable bonds is 4. The van der Waals surface area contributed by atoms with E-state index in [1.807, 2.05) is 0 Å². The third-order valence-electron chi connectivity index (χ3n) is 3.40. The fraction of sp³-hybridized carbons (Fsp3) is 0.333. The molecule has 2 rings (SSSR count). The van der Waals surface area contributed by atoms with E-state index in [-0.39, 0.29) is 28.3 Å². The first-order chi connectivity index (χ1) is 12.5. The highest BCUT2D eigenvalue weighted by Crippen LogP contribution is 2.15. The average molecular weight is 396 g/mol. The van der Waals surface area contributed by atoms with Crippen LogP contribution >= 0.6 is 11.6 Å². The Morgan fingerprint density at radius 2 is 2.04 bits per heavy atom. The van der Waals surface area contributed by atoms with Gasteiger partial charge in [-0.05, 0) is 45.9 Å². The predicted octanol–water partition coefficient (Wildman–Crippen LogP) is 2.40. The molecule has 9 heteroatoms. The standard InChI is InChI=1S/C18H19ClFN3O4/c1-10-13(8-15(24)27-18(2,3)4)16(25)23(17(26)22-10)21-9-11-7-12(20)5-6-14(11)19/h5-7,9H,8H2,1-4H3,(H,22,26). The molecule has 2 aromatic rings. The van der Waals surface area contributed by atoms with Gasteiger partial charge in [0.05, 0.1) is 12.6 Å². The van der Waals surface area contributed by atoms with Crippen LogP contribution < -0.4 is 11.2 Å². The van der Waals surface area contributed by atoms with Crippen LogP contribution in [0.1, 0.15) is 37.6 Å². The highest BCUT2D eigenvalue weighted by molar-refractivity contribution is 6.33. The summed E-state index contributed by atoms with van der Waals surface area (Å²) in [6, 6.07) is 3.61. The topological polar surface area (TPSA) is 93.5 Å². The van der Waals surface area contributed by atoms with E-state index in [1.165, 1.54) is 19.1 Å². The zero-order chi connectivity index (χ0) is 20.4. The Morgan fingerprint density at radius 1 is 1.37 bits per heavy atom. The largest absolute Gasteiger partial charge is 0.460 e. The molecule has 0 saturated carbocycles. The second-order valence-electron chi connectivity index (χ2n) is 6.82. The quantitative estimate of drug-likeness (QED) is 0.635. The van der Waals surface area contributed by atoms with Crippen molar-refractivity contribution in [1.82, 2.24) is 9.66 Å². The maximum Gasteiger partial charge on any atom is 0.349 e. The second-order valence-corrected chi connectivity index (χ2v) is 7.23. The Hall–Kier alpha value is -2.74. The van der Waals surface area contributed by atoms with Gasteiger partial charge in [0.1, 0.15) is 11.4 Å². The molecule has 0 saturated heterocycles. The van der Waals surface area contributed by atoms with Gasteiger partial charge in [-0.2, -0.15) is 5.10 Å². The lowest BCUT2D eigenvalue weighted by Crippen LogP contribution is -2.37. The van der Waals surface area contributed by atoms with Crippen LogP contribution in [0.4, 0.5) is 4.39 Å². The number of nitrogens with one attached hydrogen (secondary N) is 1. The van der Waals surface area contributed by atoms with Gasteiger partial charge in [0.25, 0.3) is 5.56 Å². The molecular weight excluding hydrogens is 377 g/mol. The Kier molecular flexibility index (Phi) is 6.00. The third-order valence-corrected chi connectivity index (χ3v) is 3.75. The van der Waals surface area contributed by atoms with Gasteiger partial charge in [-0.1, -0.05) is 11.6 Å². The number of ether oxygens (including phenoxy) is 1. The van der Waals surface area contributed by atoms with Crippen molar-refractivity contribution >= 4 is 23.8 Å². The summed E-state index contributed by atoms with van der Waals surface area (Å²) in [6.45, 7) is 6.61. The van der Waals surface area contributed by atoms with Crippen LogP contribution in [0.25, 0.3) is 0 Å². The van der Waals surface area contributed by atoms with Crippen LogP contribution in [-0.4, -0.2) is 27.4 Å². The number of hydrogen-bond donors (Lipinski definition) is 1. The van der Waals surface area contributed by atoms with Crippen LogP contribution in [0.2, 0.25) is 5.02 Å². The summed E-state index contributed by atoms with van der Waals surface area (Å²) in [5.41, 5.74) is -1.80. The van der Waals surface area contributed by atoms with Crippen LogP contribution in [0.3, 0.4) is 0 Å². The number of carbonyl (C=O) groups is 1. The smallest absolute Gasteiger partial charge is 0.349 e. The maximum atomic E-state index is 13.3. The monoisotopic (exact) mass is 395 g/mol. The SMILES string of the molecule is Cc1[nH]c(=O)n(N=Cc2cc(F)ccc2Cl)c(=O)c1CC(=O)OC(C)(C)C. The molecule has 1 aromatic carbocycles. The van der Waals surface area contributed by atoms with E-state index in [0.29, 0.717) is 4.68 Å². The number of halogens is 2. The molecule has 7 nitrogen and oxygen atoms in total. The van der Waals surface area contributed by atoms with Gasteiger partial charge in [0.15, 0.2) is 0 Å². The molecule has 0 aliphatic carbocycles. The van der Waals surface area contributed by atoms with Crippen molar-refractivity contribution in [1.29, 1.82) is 0 Å². The molecule has 0 spiro atoms. The molecule has 1 heterocycles. The van der Waals surface area contributed by atoms with E-state index >= 15 is 0 Å². The van der Waals surface area contributed by atoms with E-state index in [9.17, 15) is 18.8 Å². The van der Waals surface area contributed by atoms with Gasteiger partial charge in [0.2, 0.25) is 0 Å². The first kappa shape index (κ1) is 20.6. The number of hydrogen-bond acceptors (Lipinski definition) is 5. The summed E-state index contributed by atoms with van der Waals surface area (Å²) in [4.78, 5) is 39.2. The summed E-state index contributed by atoms with van der Waals surface area (Å²) < 4.78 is 19.1. The number of esters is 1. The minimum atomic E-state index is -0.797. The van der Waals surface area contributed by atoms with E-state index in [1.54, 1.807) is 20.8 Å². The van der Waals surface area contributed by atoms with Gasteiger partial charge >= 0.3 is 11.7 Å². The molecule has 0 fully saturated rings. The summed E-state index contributed by atoms with van der Waals surface area (Å²) in [5, 5.41) is 3.99. The molecule has 0 aliphatic rings. The summed E-state index contributed by atoms with van der Waals surface area (Å²) in [5.74, 6) is -1.16. The number of aromatic nitrogens is 2. The number of aryl methyl sites for hydroxylation is 1. The Balaban J connectivity index is 2.42. The summed E-state index contributed by atoms with van der Waals surface area (Å²) >= 11 is 5.94. The van der Waals surface area contributed by atoms with Gasteiger partial charge < -0.3 is 9.72 Å². The van der Waals surface area contributed by atoms with E-state index < -0.39 is 28.6 Å². The van der Waals surface area contributed by atoms with Crippen molar-refractivity contribution in [2.75, 3.05) is 0 Å². The molecule has 27 heavy (non-hydrogen) atoms.